The topological polar surface area (TPSA) is 98.9 Å². The molecule has 7 nitrogen and oxygen atoms in total. The molecule has 5 rings (SSSR count). The predicted molar refractivity (Wildman–Crippen MR) is 148 cm³/mol. The average Bonchev–Trinajstić information content (AvgIpc) is 3.00. The number of halogens is 4. The summed E-state index contributed by atoms with van der Waals surface area (Å²) in [4.78, 5) is 42.2. The van der Waals surface area contributed by atoms with E-state index in [1.54, 1.807) is 30.3 Å². The third-order valence-electron chi connectivity index (χ3n) is 7.76. The van der Waals surface area contributed by atoms with Crippen molar-refractivity contribution in [1.29, 1.82) is 0 Å². The van der Waals surface area contributed by atoms with E-state index in [4.69, 9.17) is 15.2 Å². The van der Waals surface area contributed by atoms with Gasteiger partial charge in [0.25, 0.3) is 0 Å². The molecule has 0 spiro atoms. The summed E-state index contributed by atoms with van der Waals surface area (Å²) in [6.07, 6.45) is -4.73. The number of carbonyl (C=O) groups is 3. The molecular formula is C32H26F4N2O5. The van der Waals surface area contributed by atoms with Crippen molar-refractivity contribution in [3.05, 3.63) is 124 Å². The third kappa shape index (κ3) is 5.26. The summed E-state index contributed by atoms with van der Waals surface area (Å²) in [6.45, 7) is 0. The van der Waals surface area contributed by atoms with Crippen molar-refractivity contribution in [2.45, 2.75) is 24.4 Å². The summed E-state index contributed by atoms with van der Waals surface area (Å²) in [5.41, 5.74) is 6.37. The second-order valence-electron chi connectivity index (χ2n) is 10.1. The molecule has 1 aliphatic heterocycles. The van der Waals surface area contributed by atoms with Gasteiger partial charge in [-0.1, -0.05) is 48.5 Å². The Labute approximate surface area is 244 Å². The zero-order valence-corrected chi connectivity index (χ0v) is 23.0. The summed E-state index contributed by atoms with van der Waals surface area (Å²) < 4.78 is 65.4. The minimum absolute atomic E-state index is 0.0338. The van der Waals surface area contributed by atoms with Crippen LogP contribution in [0.25, 0.3) is 0 Å². The van der Waals surface area contributed by atoms with Gasteiger partial charge in [0.2, 0.25) is 0 Å². The highest BCUT2D eigenvalue weighted by Crippen LogP contribution is 2.51. The van der Waals surface area contributed by atoms with Gasteiger partial charge in [-0.2, -0.15) is 13.2 Å². The Morgan fingerprint density at radius 2 is 1.58 bits per heavy atom. The van der Waals surface area contributed by atoms with Gasteiger partial charge >= 0.3 is 18.1 Å². The van der Waals surface area contributed by atoms with E-state index in [0.29, 0.717) is 5.56 Å². The number of benzene rings is 3. The van der Waals surface area contributed by atoms with Gasteiger partial charge in [-0.05, 0) is 47.9 Å². The Morgan fingerprint density at radius 3 is 2.19 bits per heavy atom. The Kier molecular flexibility index (Phi) is 7.83. The third-order valence-corrected chi connectivity index (χ3v) is 7.76. The van der Waals surface area contributed by atoms with Crippen molar-refractivity contribution in [3.63, 3.8) is 0 Å². The van der Waals surface area contributed by atoms with Gasteiger partial charge in [0.05, 0.1) is 31.3 Å². The molecule has 0 saturated carbocycles. The Bertz CT molecular complexity index is 1650. The summed E-state index contributed by atoms with van der Waals surface area (Å²) in [7, 11) is 2.24. The van der Waals surface area contributed by atoms with E-state index in [-0.39, 0.29) is 40.3 Å². The van der Waals surface area contributed by atoms with Crippen LogP contribution in [0.1, 0.15) is 34.9 Å². The number of ketones is 1. The fraction of sp³-hybridized carbons (Fsp3) is 0.219. The number of hydrogen-bond acceptors (Lipinski definition) is 7. The highest BCUT2D eigenvalue weighted by atomic mass is 19.4. The van der Waals surface area contributed by atoms with Crippen LogP contribution in [0.4, 0.5) is 23.2 Å². The number of esters is 2. The van der Waals surface area contributed by atoms with E-state index in [9.17, 15) is 31.9 Å². The number of allylic oxidation sites excluding steroid dienone is 2. The Balaban J connectivity index is 1.84. The average molecular weight is 595 g/mol. The van der Waals surface area contributed by atoms with Crippen LogP contribution in [-0.2, 0) is 30.0 Å². The molecule has 2 N–H and O–H groups in total. The van der Waals surface area contributed by atoms with Gasteiger partial charge in [-0.15, -0.1) is 0 Å². The molecule has 3 aromatic rings. The van der Waals surface area contributed by atoms with E-state index in [0.717, 1.165) is 38.5 Å². The molecule has 3 atom stereocenters. The minimum atomic E-state index is -4.70. The molecule has 222 valence electrons. The monoisotopic (exact) mass is 594 g/mol. The lowest BCUT2D eigenvalue weighted by atomic mass is 9.67. The smallest absolute Gasteiger partial charge is 0.416 e. The summed E-state index contributed by atoms with van der Waals surface area (Å²) in [5, 5.41) is 0. The molecule has 1 aliphatic carbocycles. The zero-order valence-electron chi connectivity index (χ0n) is 23.0. The maximum absolute atomic E-state index is 14.5. The van der Waals surface area contributed by atoms with Crippen molar-refractivity contribution >= 4 is 23.4 Å². The lowest BCUT2D eigenvalue weighted by Crippen LogP contribution is -2.46. The number of nitrogens with zero attached hydrogens (tertiary/aromatic N) is 1. The first kappa shape index (κ1) is 29.6. The van der Waals surface area contributed by atoms with Crippen LogP contribution in [0.15, 0.2) is 102 Å². The highest BCUT2D eigenvalue weighted by Gasteiger charge is 2.51. The van der Waals surface area contributed by atoms with Gasteiger partial charge in [-0.3, -0.25) is 14.5 Å². The SMILES string of the molecule is COC(=O)C1=C(N)N(c2cccc(C(F)(F)F)c2)C2=C(C(=O)[C@H](C(=O)OC)[C@@H](c3ccccc3)C2)[C@H]1c1ccc(F)cc1. The standard InChI is InChI=1S/C32H26F4N2O5/c1-42-30(40)25-22(17-7-4-3-5-8-17)16-23-26(28(25)39)24(18-11-13-20(33)14-12-18)27(31(41)43-2)29(37)38(23)21-10-6-9-19(15-21)32(34,35)36/h3-15,22,24-25H,16,37H2,1-2H3/t22-,24-,25-/m1/s1. The van der Waals surface area contributed by atoms with E-state index in [1.807, 2.05) is 0 Å². The molecule has 43 heavy (non-hydrogen) atoms. The molecule has 0 fully saturated rings. The van der Waals surface area contributed by atoms with Crippen molar-refractivity contribution < 1.29 is 41.4 Å². The summed E-state index contributed by atoms with van der Waals surface area (Å²) >= 11 is 0. The molecule has 3 aromatic carbocycles. The lowest BCUT2D eigenvalue weighted by Gasteiger charge is -2.44. The zero-order chi connectivity index (χ0) is 31.1. The molecule has 11 heteroatoms. The Morgan fingerprint density at radius 1 is 0.907 bits per heavy atom. The van der Waals surface area contributed by atoms with Crippen molar-refractivity contribution in [1.82, 2.24) is 0 Å². The molecule has 0 aromatic heterocycles. The van der Waals surface area contributed by atoms with Crippen molar-refractivity contribution in [2.24, 2.45) is 11.7 Å². The number of anilines is 1. The lowest BCUT2D eigenvalue weighted by molar-refractivity contribution is -0.150. The number of methoxy groups -OCH3 is 2. The largest absolute Gasteiger partial charge is 0.468 e. The number of ether oxygens (including phenoxy) is 2. The number of carbonyl (C=O) groups excluding carboxylic acids is 3. The molecule has 1 heterocycles. The van der Waals surface area contributed by atoms with E-state index in [1.165, 1.54) is 29.2 Å². The van der Waals surface area contributed by atoms with E-state index in [2.05, 4.69) is 0 Å². The molecule has 0 saturated heterocycles. The van der Waals surface area contributed by atoms with Gasteiger partial charge in [-0.25, -0.2) is 9.18 Å². The van der Waals surface area contributed by atoms with Gasteiger partial charge in [0.1, 0.15) is 17.6 Å². The molecule has 0 radical (unpaired) electrons. The normalized spacial score (nSPS) is 20.6. The van der Waals surface area contributed by atoms with Crippen LogP contribution in [0.5, 0.6) is 0 Å². The number of hydrogen-bond donors (Lipinski definition) is 1. The van der Waals surface area contributed by atoms with Gasteiger partial charge < -0.3 is 15.2 Å². The van der Waals surface area contributed by atoms with Crippen LogP contribution in [0.2, 0.25) is 0 Å². The van der Waals surface area contributed by atoms with Gasteiger partial charge in [0.15, 0.2) is 5.78 Å². The fourth-order valence-corrected chi connectivity index (χ4v) is 5.85. The van der Waals surface area contributed by atoms with Crippen LogP contribution < -0.4 is 10.6 Å². The number of nitrogens with two attached hydrogens (primary N) is 1. The van der Waals surface area contributed by atoms with Gasteiger partial charge in [0, 0.05) is 22.9 Å². The Hall–Kier alpha value is -4.93. The first-order valence-corrected chi connectivity index (χ1v) is 13.2. The molecule has 2 aliphatic rings. The number of alkyl halides is 3. The van der Waals surface area contributed by atoms with E-state index >= 15 is 0 Å². The van der Waals surface area contributed by atoms with E-state index < -0.39 is 53.0 Å². The first-order valence-electron chi connectivity index (χ1n) is 13.2. The molecular weight excluding hydrogens is 568 g/mol. The summed E-state index contributed by atoms with van der Waals surface area (Å²) in [5.74, 6) is -6.69. The first-order chi connectivity index (χ1) is 20.5. The highest BCUT2D eigenvalue weighted by molar-refractivity contribution is 6.14. The van der Waals surface area contributed by atoms with Crippen LogP contribution in [0, 0.1) is 11.7 Å². The fourth-order valence-electron chi connectivity index (χ4n) is 5.85. The molecule has 0 amide bonds. The molecule has 0 bridgehead atoms. The predicted octanol–water partition coefficient (Wildman–Crippen LogP) is 5.59. The van der Waals surface area contributed by atoms with Crippen LogP contribution in [0.3, 0.4) is 0 Å². The second kappa shape index (κ2) is 11.4. The quantitative estimate of drug-likeness (QED) is 0.234. The number of Topliss-reactive ketones (excluding diaryl/α,β-unsaturated/α-hetero) is 1. The maximum atomic E-state index is 14.5. The van der Waals surface area contributed by atoms with Crippen molar-refractivity contribution in [3.8, 4) is 0 Å². The maximum Gasteiger partial charge on any atom is 0.416 e. The van der Waals surface area contributed by atoms with Crippen LogP contribution >= 0.6 is 0 Å². The second-order valence-corrected chi connectivity index (χ2v) is 10.1. The van der Waals surface area contributed by atoms with Crippen molar-refractivity contribution in [2.75, 3.05) is 19.1 Å². The summed E-state index contributed by atoms with van der Waals surface area (Å²) in [6, 6.07) is 18.0. The minimum Gasteiger partial charge on any atom is -0.468 e. The van der Waals surface area contributed by atoms with Crippen LogP contribution in [-0.4, -0.2) is 31.9 Å². The number of rotatable bonds is 5. The molecule has 0 unspecified atom stereocenters.